The monoisotopic (exact) mass is 299 g/mol. The van der Waals surface area contributed by atoms with Crippen LogP contribution in [0.5, 0.6) is 0 Å². The van der Waals surface area contributed by atoms with Gasteiger partial charge in [-0.25, -0.2) is 13.1 Å². The summed E-state index contributed by atoms with van der Waals surface area (Å²) in [5.41, 5.74) is 0.698. The van der Waals surface area contributed by atoms with Crippen molar-refractivity contribution in [3.8, 4) is 0 Å². The molecule has 1 unspecified atom stereocenters. The van der Waals surface area contributed by atoms with Crippen LogP contribution >= 0.6 is 0 Å². The Kier molecular flexibility index (Phi) is 4.80. The fourth-order valence-electron chi connectivity index (χ4n) is 2.25. The van der Waals surface area contributed by atoms with Crippen molar-refractivity contribution < 1.29 is 18.3 Å². The first-order valence-corrected chi connectivity index (χ1v) is 8.32. The molecule has 1 aromatic rings. The lowest BCUT2D eigenvalue weighted by Crippen LogP contribution is -2.47. The van der Waals surface area contributed by atoms with Crippen molar-refractivity contribution in [3.63, 3.8) is 0 Å². The number of rotatable bonds is 6. The van der Waals surface area contributed by atoms with Gasteiger partial charge in [-0.15, -0.1) is 0 Å². The minimum Gasteiger partial charge on any atom is -0.389 e. The lowest BCUT2D eigenvalue weighted by atomic mass is 9.90. The van der Waals surface area contributed by atoms with Gasteiger partial charge in [0, 0.05) is 12.6 Å². The van der Waals surface area contributed by atoms with Crippen LogP contribution < -0.4 is 4.72 Å². The summed E-state index contributed by atoms with van der Waals surface area (Å²) in [6.07, 6.45) is 1.01. The molecule has 1 fully saturated rings. The Morgan fingerprint density at radius 3 is 2.45 bits per heavy atom. The van der Waals surface area contributed by atoms with Gasteiger partial charge in [0.2, 0.25) is 10.0 Å². The molecule has 6 heteroatoms. The molecule has 1 aliphatic carbocycles. The molecule has 0 heterocycles. The number of benzene rings is 1. The van der Waals surface area contributed by atoms with Crippen molar-refractivity contribution in [1.82, 2.24) is 4.72 Å². The van der Waals surface area contributed by atoms with Crippen molar-refractivity contribution in [2.45, 2.75) is 49.8 Å². The van der Waals surface area contributed by atoms with Gasteiger partial charge in [-0.05, 0) is 44.4 Å². The van der Waals surface area contributed by atoms with Crippen LogP contribution in [0.3, 0.4) is 0 Å². The molecule has 1 aliphatic rings. The third-order valence-corrected chi connectivity index (χ3v) is 5.03. The molecule has 0 bridgehead atoms. The Labute approximate surface area is 120 Å². The molecule has 20 heavy (non-hydrogen) atoms. The molecule has 0 amide bonds. The van der Waals surface area contributed by atoms with Gasteiger partial charge in [-0.2, -0.15) is 0 Å². The van der Waals surface area contributed by atoms with E-state index in [4.69, 9.17) is 4.74 Å². The van der Waals surface area contributed by atoms with E-state index in [9.17, 15) is 13.5 Å². The van der Waals surface area contributed by atoms with E-state index in [0.29, 0.717) is 12.2 Å². The Morgan fingerprint density at radius 2 is 1.95 bits per heavy atom. The molecular formula is C14H21NO4S. The van der Waals surface area contributed by atoms with E-state index in [0.717, 1.165) is 12.8 Å². The number of sulfonamides is 1. The molecule has 0 radical (unpaired) electrons. The van der Waals surface area contributed by atoms with Crippen LogP contribution in [-0.4, -0.2) is 32.3 Å². The SMILES string of the molecule is CCOC1CC(NS(=O)(=O)c2ccc(C(C)O)cc2)C1. The third-order valence-electron chi connectivity index (χ3n) is 3.49. The van der Waals surface area contributed by atoms with Crippen molar-refractivity contribution in [3.05, 3.63) is 29.8 Å². The molecule has 0 aromatic heterocycles. The maximum Gasteiger partial charge on any atom is 0.240 e. The molecule has 1 saturated carbocycles. The molecule has 1 aromatic carbocycles. The number of aliphatic hydroxyl groups excluding tert-OH is 1. The van der Waals surface area contributed by atoms with Crippen LogP contribution in [-0.2, 0) is 14.8 Å². The first kappa shape index (κ1) is 15.4. The van der Waals surface area contributed by atoms with Crippen molar-refractivity contribution >= 4 is 10.0 Å². The second kappa shape index (κ2) is 6.22. The molecule has 2 N–H and O–H groups in total. The molecular weight excluding hydrogens is 278 g/mol. The van der Waals surface area contributed by atoms with Crippen molar-refractivity contribution in [1.29, 1.82) is 0 Å². The Morgan fingerprint density at radius 1 is 1.35 bits per heavy atom. The van der Waals surface area contributed by atoms with Crippen LogP contribution in [0, 0.1) is 0 Å². The maximum absolute atomic E-state index is 12.2. The molecule has 0 aliphatic heterocycles. The lowest BCUT2D eigenvalue weighted by Gasteiger charge is -2.35. The summed E-state index contributed by atoms with van der Waals surface area (Å²) in [6, 6.07) is 6.24. The van der Waals surface area contributed by atoms with Gasteiger partial charge in [0.1, 0.15) is 0 Å². The highest BCUT2D eigenvalue weighted by Gasteiger charge is 2.33. The van der Waals surface area contributed by atoms with Gasteiger partial charge in [-0.1, -0.05) is 12.1 Å². The zero-order chi connectivity index (χ0) is 14.8. The summed E-state index contributed by atoms with van der Waals surface area (Å²) in [5.74, 6) is 0. The predicted octanol–water partition coefficient (Wildman–Crippen LogP) is 1.59. The summed E-state index contributed by atoms with van der Waals surface area (Å²) in [6.45, 7) is 4.23. The Hall–Kier alpha value is -0.950. The average Bonchev–Trinajstić information content (AvgIpc) is 2.36. The minimum absolute atomic E-state index is 0.0482. The van der Waals surface area contributed by atoms with Gasteiger partial charge in [-0.3, -0.25) is 0 Å². The average molecular weight is 299 g/mol. The van der Waals surface area contributed by atoms with Crippen LogP contribution in [0.2, 0.25) is 0 Å². The fraction of sp³-hybridized carbons (Fsp3) is 0.571. The highest BCUT2D eigenvalue weighted by Crippen LogP contribution is 2.25. The van der Waals surface area contributed by atoms with Gasteiger partial charge in [0.15, 0.2) is 0 Å². The zero-order valence-corrected chi connectivity index (χ0v) is 12.6. The summed E-state index contributed by atoms with van der Waals surface area (Å²) >= 11 is 0. The molecule has 112 valence electrons. The van der Waals surface area contributed by atoms with E-state index in [2.05, 4.69) is 4.72 Å². The minimum atomic E-state index is -3.49. The van der Waals surface area contributed by atoms with Gasteiger partial charge < -0.3 is 9.84 Å². The number of hydrogen-bond acceptors (Lipinski definition) is 4. The number of hydrogen-bond donors (Lipinski definition) is 2. The third kappa shape index (κ3) is 3.58. The summed E-state index contributed by atoms with van der Waals surface area (Å²) in [5, 5.41) is 9.41. The Bertz CT molecular complexity index is 533. The van der Waals surface area contributed by atoms with Crippen molar-refractivity contribution in [2.24, 2.45) is 0 Å². The van der Waals surface area contributed by atoms with Crippen LogP contribution in [0.15, 0.2) is 29.2 Å². The first-order valence-electron chi connectivity index (χ1n) is 6.84. The summed E-state index contributed by atoms with van der Waals surface area (Å²) in [4.78, 5) is 0.224. The van der Waals surface area contributed by atoms with Gasteiger partial charge in [0.25, 0.3) is 0 Å². The first-order chi connectivity index (χ1) is 9.42. The smallest absolute Gasteiger partial charge is 0.240 e. The normalized spacial score (nSPS) is 24.1. The summed E-state index contributed by atoms with van der Waals surface area (Å²) < 4.78 is 32.4. The predicted molar refractivity (Wildman–Crippen MR) is 75.8 cm³/mol. The fourth-order valence-corrected chi connectivity index (χ4v) is 3.51. The highest BCUT2D eigenvalue weighted by atomic mass is 32.2. The maximum atomic E-state index is 12.2. The van der Waals surface area contributed by atoms with Crippen molar-refractivity contribution in [2.75, 3.05) is 6.61 Å². The second-order valence-electron chi connectivity index (χ2n) is 5.11. The largest absolute Gasteiger partial charge is 0.389 e. The van der Waals surface area contributed by atoms with E-state index in [1.807, 2.05) is 6.92 Å². The van der Waals surface area contributed by atoms with Gasteiger partial charge in [0.05, 0.1) is 17.1 Å². The molecule has 0 saturated heterocycles. The summed E-state index contributed by atoms with van der Waals surface area (Å²) in [7, 11) is -3.49. The van der Waals surface area contributed by atoms with Crippen LogP contribution in [0.25, 0.3) is 0 Å². The lowest BCUT2D eigenvalue weighted by molar-refractivity contribution is -0.00475. The van der Waals surface area contributed by atoms with Gasteiger partial charge >= 0.3 is 0 Å². The van der Waals surface area contributed by atoms with E-state index < -0.39 is 16.1 Å². The second-order valence-corrected chi connectivity index (χ2v) is 6.83. The van der Waals surface area contributed by atoms with Crippen LogP contribution in [0.1, 0.15) is 38.4 Å². The number of nitrogens with one attached hydrogen (secondary N) is 1. The molecule has 1 atom stereocenters. The van der Waals surface area contributed by atoms with E-state index in [1.165, 1.54) is 12.1 Å². The Balaban J connectivity index is 1.97. The quantitative estimate of drug-likeness (QED) is 0.836. The van der Waals surface area contributed by atoms with Crippen LogP contribution in [0.4, 0.5) is 0 Å². The van der Waals surface area contributed by atoms with E-state index in [-0.39, 0.29) is 17.0 Å². The standard InChI is InChI=1S/C14H21NO4S/c1-3-19-13-8-12(9-13)15-20(17,18)14-6-4-11(5-7-14)10(2)16/h4-7,10,12-13,15-16H,3,8-9H2,1-2H3. The highest BCUT2D eigenvalue weighted by molar-refractivity contribution is 7.89. The van der Waals surface area contributed by atoms with E-state index >= 15 is 0 Å². The number of ether oxygens (including phenoxy) is 1. The topological polar surface area (TPSA) is 75.6 Å². The van der Waals surface area contributed by atoms with E-state index in [1.54, 1.807) is 19.1 Å². The molecule has 0 spiro atoms. The zero-order valence-electron chi connectivity index (χ0n) is 11.7. The molecule has 5 nitrogen and oxygen atoms in total. The number of aliphatic hydroxyl groups is 1. The molecule has 2 rings (SSSR count).